The summed E-state index contributed by atoms with van der Waals surface area (Å²) in [5.41, 5.74) is 0. The predicted octanol–water partition coefficient (Wildman–Crippen LogP) is 4.82. The van der Waals surface area contributed by atoms with Crippen LogP contribution in [0.4, 0.5) is 0 Å². The van der Waals surface area contributed by atoms with Gasteiger partial charge in [-0.3, -0.25) is 0 Å². The Hall–Kier alpha value is 1.92. The van der Waals surface area contributed by atoms with Crippen LogP contribution in [0.5, 0.6) is 0 Å². The first kappa shape index (κ1) is 12.0. The second-order valence-corrected chi connectivity index (χ2v) is 8.95. The highest BCUT2D eigenvalue weighted by Crippen LogP contribution is 2.38. The molecular weight excluding hydrogens is 416 g/mol. The van der Waals surface area contributed by atoms with Crippen LogP contribution in [0, 0.1) is 5.92 Å². The smallest absolute Gasteiger partial charge is 0.0701 e. The van der Waals surface area contributed by atoms with Crippen molar-refractivity contribution in [2.75, 3.05) is 0 Å². The maximum Gasteiger partial charge on any atom is 0.0701 e. The molecule has 1 rings (SSSR count). The molecule has 72 valence electrons. The molecule has 1 aliphatic carbocycles. The summed E-state index contributed by atoms with van der Waals surface area (Å²) in [5.74, 6) is 0.798. The summed E-state index contributed by atoms with van der Waals surface area (Å²) < 4.78 is 0.466. The van der Waals surface area contributed by atoms with Crippen LogP contribution < -0.4 is 0 Å². The van der Waals surface area contributed by atoms with Gasteiger partial charge in [0, 0.05) is 9.65 Å². The molecule has 0 aliphatic heterocycles. The number of rotatable bonds is 2. The van der Waals surface area contributed by atoms with E-state index in [0.29, 0.717) is 13.4 Å². The lowest BCUT2D eigenvalue weighted by molar-refractivity contribution is 0.376. The van der Waals surface area contributed by atoms with Crippen molar-refractivity contribution in [2.24, 2.45) is 5.92 Å². The zero-order chi connectivity index (χ0) is 9.14. The van der Waals surface area contributed by atoms with E-state index in [-0.39, 0.29) is 0 Å². The molecule has 1 fully saturated rings. The molecule has 3 atom stereocenters. The van der Waals surface area contributed by atoms with Gasteiger partial charge in [0.2, 0.25) is 0 Å². The lowest BCUT2D eigenvalue weighted by atomic mass is 9.87. The molecule has 1 saturated carbocycles. The van der Waals surface area contributed by atoms with E-state index in [0.717, 1.165) is 5.92 Å². The zero-order valence-electron chi connectivity index (χ0n) is 6.65. The lowest BCUT2D eigenvalue weighted by Gasteiger charge is -2.31. The fourth-order valence-corrected chi connectivity index (χ4v) is 4.13. The highest BCUT2D eigenvalue weighted by atomic mass is 79.9. The minimum Gasteiger partial charge on any atom is -0.0878 e. The molecule has 1 aliphatic rings. The molecule has 0 aromatic carbocycles. The van der Waals surface area contributed by atoms with Crippen molar-refractivity contribution in [3.8, 4) is 0 Å². The van der Waals surface area contributed by atoms with Crippen LogP contribution in [0.25, 0.3) is 0 Å². The molecule has 0 spiro atoms. The Bertz CT molecular complexity index is 137. The molecule has 12 heavy (non-hydrogen) atoms. The van der Waals surface area contributed by atoms with E-state index in [1.165, 1.54) is 25.7 Å². The van der Waals surface area contributed by atoms with Crippen LogP contribution in [-0.4, -0.2) is 13.4 Å². The van der Waals surface area contributed by atoms with Crippen LogP contribution in [0.15, 0.2) is 0 Å². The lowest BCUT2D eigenvalue weighted by Crippen LogP contribution is -2.29. The largest absolute Gasteiger partial charge is 0.0878 e. The van der Waals surface area contributed by atoms with Crippen LogP contribution in [-0.2, 0) is 0 Å². The molecule has 0 radical (unpaired) electrons. The molecule has 0 amide bonds. The minimum absolute atomic E-state index is 0.466. The van der Waals surface area contributed by atoms with E-state index in [1.807, 2.05) is 0 Å². The van der Waals surface area contributed by atoms with Crippen molar-refractivity contribution in [2.45, 2.75) is 39.1 Å². The average molecular weight is 428 g/mol. The molecule has 0 heterocycles. The normalized spacial score (nSPS) is 37.2. The van der Waals surface area contributed by atoms with Crippen LogP contribution in [0.1, 0.15) is 25.7 Å². The second-order valence-electron chi connectivity index (χ2n) is 3.28. The maximum absolute atomic E-state index is 3.76. The Balaban J connectivity index is 2.41. The Morgan fingerprint density at radius 3 is 2.42 bits per heavy atom. The monoisotopic (exact) mass is 424 g/mol. The molecule has 0 N–H and O–H groups in total. The van der Waals surface area contributed by atoms with Crippen LogP contribution in [0.3, 0.4) is 0 Å². The first-order valence-electron chi connectivity index (χ1n) is 4.17. The molecule has 3 unspecified atom stereocenters. The standard InChI is InChI=1S/C8H12Br4/c9-6-3-1-2-5(8(6)12)4-7(10)11/h5-8H,1-4H2. The van der Waals surface area contributed by atoms with Gasteiger partial charge in [0.15, 0.2) is 0 Å². The van der Waals surface area contributed by atoms with E-state index in [9.17, 15) is 0 Å². The second kappa shape index (κ2) is 5.72. The van der Waals surface area contributed by atoms with Crippen molar-refractivity contribution in [3.63, 3.8) is 0 Å². The molecule has 0 aromatic heterocycles. The van der Waals surface area contributed by atoms with Crippen molar-refractivity contribution in [3.05, 3.63) is 0 Å². The van der Waals surface area contributed by atoms with Gasteiger partial charge in [0.1, 0.15) is 0 Å². The van der Waals surface area contributed by atoms with Crippen molar-refractivity contribution in [1.82, 2.24) is 0 Å². The SMILES string of the molecule is BrC(Br)CC1CCCC(Br)C1Br. The summed E-state index contributed by atoms with van der Waals surface area (Å²) in [6.07, 6.45) is 5.22. The van der Waals surface area contributed by atoms with Gasteiger partial charge in [-0.1, -0.05) is 70.1 Å². The van der Waals surface area contributed by atoms with E-state index < -0.39 is 0 Å². The van der Waals surface area contributed by atoms with Gasteiger partial charge in [-0.05, 0) is 25.2 Å². The summed E-state index contributed by atoms with van der Waals surface area (Å²) in [5, 5.41) is 0. The molecule has 0 saturated heterocycles. The Morgan fingerprint density at radius 1 is 1.17 bits per heavy atom. The molecular formula is C8H12Br4. The van der Waals surface area contributed by atoms with Crippen LogP contribution in [0.2, 0.25) is 0 Å². The Kier molecular flexibility index (Phi) is 5.71. The number of alkyl halides is 4. The number of halogens is 4. The number of hydrogen-bond acceptors (Lipinski definition) is 0. The van der Waals surface area contributed by atoms with Gasteiger partial charge < -0.3 is 0 Å². The molecule has 0 aromatic rings. The summed E-state index contributed by atoms with van der Waals surface area (Å²) in [7, 11) is 0. The molecule has 0 bridgehead atoms. The maximum atomic E-state index is 3.76. The highest BCUT2D eigenvalue weighted by Gasteiger charge is 2.30. The fourth-order valence-electron chi connectivity index (χ4n) is 1.67. The van der Waals surface area contributed by atoms with Gasteiger partial charge in [0.25, 0.3) is 0 Å². The highest BCUT2D eigenvalue weighted by molar-refractivity contribution is 9.24. The molecule has 0 nitrogen and oxygen atoms in total. The Morgan fingerprint density at radius 2 is 1.83 bits per heavy atom. The van der Waals surface area contributed by atoms with Crippen molar-refractivity contribution >= 4 is 63.7 Å². The third kappa shape index (κ3) is 3.58. The molecule has 4 heteroatoms. The van der Waals surface area contributed by atoms with Gasteiger partial charge >= 0.3 is 0 Å². The topological polar surface area (TPSA) is 0 Å². The van der Waals surface area contributed by atoms with E-state index >= 15 is 0 Å². The third-order valence-electron chi connectivity index (χ3n) is 2.33. The predicted molar refractivity (Wildman–Crippen MR) is 69.0 cm³/mol. The Labute approximate surface area is 108 Å². The van der Waals surface area contributed by atoms with Crippen LogP contribution >= 0.6 is 63.7 Å². The minimum atomic E-state index is 0.466. The average Bonchev–Trinajstić information content (AvgIpc) is 1.98. The van der Waals surface area contributed by atoms with E-state index in [1.54, 1.807) is 0 Å². The summed E-state index contributed by atoms with van der Waals surface area (Å²) in [6, 6.07) is 0. The van der Waals surface area contributed by atoms with Gasteiger partial charge in [0.05, 0.1) is 3.74 Å². The van der Waals surface area contributed by atoms with E-state index in [4.69, 9.17) is 0 Å². The quantitative estimate of drug-likeness (QED) is 0.554. The zero-order valence-corrected chi connectivity index (χ0v) is 13.0. The fraction of sp³-hybridized carbons (Fsp3) is 1.00. The summed E-state index contributed by atoms with van der Waals surface area (Å²) >= 11 is 14.5. The summed E-state index contributed by atoms with van der Waals surface area (Å²) in [4.78, 5) is 1.30. The van der Waals surface area contributed by atoms with Gasteiger partial charge in [-0.25, -0.2) is 0 Å². The van der Waals surface area contributed by atoms with Crippen molar-refractivity contribution in [1.29, 1.82) is 0 Å². The summed E-state index contributed by atoms with van der Waals surface area (Å²) in [6.45, 7) is 0. The van der Waals surface area contributed by atoms with Gasteiger partial charge in [-0.2, -0.15) is 0 Å². The van der Waals surface area contributed by atoms with E-state index in [2.05, 4.69) is 63.7 Å². The van der Waals surface area contributed by atoms with Gasteiger partial charge in [-0.15, -0.1) is 0 Å². The first-order chi connectivity index (χ1) is 5.61. The first-order valence-corrected chi connectivity index (χ1v) is 7.84. The van der Waals surface area contributed by atoms with Crippen molar-refractivity contribution < 1.29 is 0 Å². The number of hydrogen-bond donors (Lipinski definition) is 0. The third-order valence-corrected chi connectivity index (χ3v) is 6.20.